The fourth-order valence-corrected chi connectivity index (χ4v) is 4.12. The third-order valence-electron chi connectivity index (χ3n) is 5.39. The van der Waals surface area contributed by atoms with Crippen LogP contribution in [0.25, 0.3) is 0 Å². The molecule has 2 aliphatic rings. The number of likely N-dealkylation sites (N-methyl/N-ethyl adjacent to an activating group) is 1. The van der Waals surface area contributed by atoms with Crippen molar-refractivity contribution in [2.45, 2.75) is 57.0 Å². The lowest BCUT2D eigenvalue weighted by atomic mass is 9.88. The van der Waals surface area contributed by atoms with Crippen molar-refractivity contribution in [3.8, 4) is 0 Å². The molecule has 0 unspecified atom stereocenters. The van der Waals surface area contributed by atoms with Crippen molar-refractivity contribution in [1.82, 2.24) is 9.80 Å². The van der Waals surface area contributed by atoms with E-state index in [1.807, 2.05) is 37.4 Å². The molecule has 1 heterocycles. The van der Waals surface area contributed by atoms with E-state index in [0.29, 0.717) is 18.5 Å². The van der Waals surface area contributed by atoms with Crippen molar-refractivity contribution in [2.75, 3.05) is 20.1 Å². The second kappa shape index (κ2) is 7.28. The molecule has 120 valence electrons. The van der Waals surface area contributed by atoms with Crippen LogP contribution in [0.5, 0.6) is 0 Å². The number of likely N-dealkylation sites (tertiary alicyclic amines) is 1. The van der Waals surface area contributed by atoms with Gasteiger partial charge in [-0.1, -0.05) is 43.2 Å². The zero-order chi connectivity index (χ0) is 15.4. The van der Waals surface area contributed by atoms with Crippen molar-refractivity contribution in [3.63, 3.8) is 0 Å². The normalized spacial score (nSPS) is 26.0. The lowest BCUT2D eigenvalue weighted by Gasteiger charge is -2.42. The largest absolute Gasteiger partial charge is 0.341 e. The molecule has 1 aliphatic carbocycles. The molecule has 2 atom stereocenters. The Balaban J connectivity index is 1.65. The van der Waals surface area contributed by atoms with E-state index in [1.54, 1.807) is 0 Å². The molecule has 22 heavy (non-hydrogen) atoms. The average Bonchev–Trinajstić information content (AvgIpc) is 3.09. The van der Waals surface area contributed by atoms with Crippen LogP contribution in [0.3, 0.4) is 0 Å². The Morgan fingerprint density at radius 1 is 1.09 bits per heavy atom. The third-order valence-corrected chi connectivity index (χ3v) is 5.39. The molecule has 1 aliphatic heterocycles. The van der Waals surface area contributed by atoms with Crippen molar-refractivity contribution in [2.24, 2.45) is 0 Å². The number of nitrogens with zero attached hydrogens (tertiary/aromatic N) is 2. The van der Waals surface area contributed by atoms with Crippen LogP contribution in [0.4, 0.5) is 0 Å². The molecule has 0 bridgehead atoms. The molecular formula is C19H28N2O. The number of carbonyl (C=O) groups is 1. The number of rotatable bonds is 4. The predicted molar refractivity (Wildman–Crippen MR) is 89.8 cm³/mol. The van der Waals surface area contributed by atoms with Crippen LogP contribution in [0.15, 0.2) is 30.3 Å². The van der Waals surface area contributed by atoms with Crippen LogP contribution in [-0.4, -0.2) is 47.9 Å². The molecule has 1 amide bonds. The van der Waals surface area contributed by atoms with Crippen molar-refractivity contribution < 1.29 is 4.79 Å². The first-order chi connectivity index (χ1) is 10.8. The lowest BCUT2D eigenvalue weighted by molar-refractivity contribution is -0.133. The zero-order valence-electron chi connectivity index (χ0n) is 13.7. The third kappa shape index (κ3) is 3.52. The first-order valence-corrected chi connectivity index (χ1v) is 8.79. The molecule has 1 saturated heterocycles. The summed E-state index contributed by atoms with van der Waals surface area (Å²) in [5.41, 5.74) is 1.12. The molecule has 1 aromatic carbocycles. The monoisotopic (exact) mass is 300 g/mol. The average molecular weight is 300 g/mol. The molecule has 0 aromatic heterocycles. The smallest absolute Gasteiger partial charge is 0.227 e. The molecular weight excluding hydrogens is 272 g/mol. The van der Waals surface area contributed by atoms with Gasteiger partial charge in [0.15, 0.2) is 0 Å². The highest BCUT2D eigenvalue weighted by atomic mass is 16.2. The Morgan fingerprint density at radius 2 is 1.77 bits per heavy atom. The van der Waals surface area contributed by atoms with E-state index in [4.69, 9.17) is 0 Å². The van der Waals surface area contributed by atoms with Gasteiger partial charge in [0.1, 0.15) is 0 Å². The van der Waals surface area contributed by atoms with Crippen LogP contribution in [0, 0.1) is 0 Å². The number of carbonyl (C=O) groups excluding carboxylic acids is 1. The van der Waals surface area contributed by atoms with E-state index in [0.717, 1.165) is 12.0 Å². The Morgan fingerprint density at radius 3 is 2.50 bits per heavy atom. The molecule has 0 spiro atoms. The summed E-state index contributed by atoms with van der Waals surface area (Å²) in [6.07, 6.45) is 8.18. The molecule has 3 heteroatoms. The van der Waals surface area contributed by atoms with Gasteiger partial charge in [0, 0.05) is 19.1 Å². The van der Waals surface area contributed by atoms with Crippen molar-refractivity contribution in [1.29, 1.82) is 0 Å². The Kier molecular flexibility index (Phi) is 5.14. The summed E-state index contributed by atoms with van der Waals surface area (Å²) >= 11 is 0. The molecule has 3 nitrogen and oxygen atoms in total. The second-order valence-electron chi connectivity index (χ2n) is 6.83. The lowest BCUT2D eigenvalue weighted by Crippen LogP contribution is -2.53. The number of hydrogen-bond donors (Lipinski definition) is 0. The van der Waals surface area contributed by atoms with Gasteiger partial charge >= 0.3 is 0 Å². The molecule has 1 aromatic rings. The van der Waals surface area contributed by atoms with E-state index in [2.05, 4.69) is 9.80 Å². The molecule has 0 N–H and O–H groups in total. The summed E-state index contributed by atoms with van der Waals surface area (Å²) in [6, 6.07) is 11.1. The van der Waals surface area contributed by atoms with Gasteiger partial charge in [-0.15, -0.1) is 0 Å². The van der Waals surface area contributed by atoms with E-state index >= 15 is 0 Å². The zero-order valence-corrected chi connectivity index (χ0v) is 13.7. The minimum absolute atomic E-state index is 0.266. The van der Waals surface area contributed by atoms with Gasteiger partial charge < -0.3 is 4.90 Å². The first kappa shape index (κ1) is 15.5. The maximum atomic E-state index is 12.7. The van der Waals surface area contributed by atoms with E-state index in [-0.39, 0.29) is 5.91 Å². The van der Waals surface area contributed by atoms with Crippen LogP contribution in [0.1, 0.15) is 44.1 Å². The summed E-state index contributed by atoms with van der Waals surface area (Å²) in [5, 5.41) is 0. The summed E-state index contributed by atoms with van der Waals surface area (Å²) < 4.78 is 0. The van der Waals surface area contributed by atoms with Crippen LogP contribution in [0.2, 0.25) is 0 Å². The van der Waals surface area contributed by atoms with Gasteiger partial charge in [0.05, 0.1) is 6.42 Å². The van der Waals surface area contributed by atoms with Crippen molar-refractivity contribution in [3.05, 3.63) is 35.9 Å². The Hall–Kier alpha value is -1.35. The molecule has 3 rings (SSSR count). The maximum Gasteiger partial charge on any atom is 0.227 e. The minimum atomic E-state index is 0.266. The number of benzene rings is 1. The Labute approximate surface area is 134 Å². The highest BCUT2D eigenvalue weighted by Gasteiger charge is 2.35. The summed E-state index contributed by atoms with van der Waals surface area (Å²) in [4.78, 5) is 17.4. The molecule has 0 radical (unpaired) electrons. The quantitative estimate of drug-likeness (QED) is 0.853. The number of hydrogen-bond acceptors (Lipinski definition) is 2. The van der Waals surface area contributed by atoms with Gasteiger partial charge in [-0.05, 0) is 44.3 Å². The van der Waals surface area contributed by atoms with Gasteiger partial charge in [0.2, 0.25) is 5.91 Å². The summed E-state index contributed by atoms with van der Waals surface area (Å²) in [6.45, 7) is 2.45. The van der Waals surface area contributed by atoms with Crippen molar-refractivity contribution >= 4 is 5.91 Å². The first-order valence-electron chi connectivity index (χ1n) is 8.79. The van der Waals surface area contributed by atoms with Crippen LogP contribution >= 0.6 is 0 Å². The summed E-state index contributed by atoms with van der Waals surface area (Å²) in [7, 11) is 2.02. The SMILES string of the molecule is CN(C(=O)Cc1ccccc1)[C@@H]1CCCC[C@@H]1N1CCCC1. The van der Waals surface area contributed by atoms with Gasteiger partial charge in [0.25, 0.3) is 0 Å². The highest BCUT2D eigenvalue weighted by molar-refractivity contribution is 5.78. The van der Waals surface area contributed by atoms with E-state index < -0.39 is 0 Å². The highest BCUT2D eigenvalue weighted by Crippen LogP contribution is 2.29. The second-order valence-corrected chi connectivity index (χ2v) is 6.83. The van der Waals surface area contributed by atoms with Gasteiger partial charge in [-0.2, -0.15) is 0 Å². The molecule has 2 fully saturated rings. The van der Waals surface area contributed by atoms with Crippen LogP contribution < -0.4 is 0 Å². The maximum absolute atomic E-state index is 12.7. The Bertz CT molecular complexity index is 481. The topological polar surface area (TPSA) is 23.6 Å². The number of amides is 1. The van der Waals surface area contributed by atoms with Crippen LogP contribution in [-0.2, 0) is 11.2 Å². The minimum Gasteiger partial charge on any atom is -0.341 e. The van der Waals surface area contributed by atoms with E-state index in [9.17, 15) is 4.79 Å². The van der Waals surface area contributed by atoms with E-state index in [1.165, 1.54) is 45.2 Å². The fraction of sp³-hybridized carbons (Fsp3) is 0.632. The van der Waals surface area contributed by atoms with Gasteiger partial charge in [-0.25, -0.2) is 0 Å². The fourth-order valence-electron chi connectivity index (χ4n) is 4.12. The standard InChI is InChI=1S/C19H28N2O/c1-20(19(22)15-16-9-3-2-4-10-16)17-11-5-6-12-18(17)21-13-7-8-14-21/h2-4,9-10,17-18H,5-8,11-15H2,1H3/t17-,18+/m1/s1. The molecule has 1 saturated carbocycles. The van der Waals surface area contributed by atoms with Gasteiger partial charge in [-0.3, -0.25) is 9.69 Å². The predicted octanol–water partition coefficient (Wildman–Crippen LogP) is 3.09. The summed E-state index contributed by atoms with van der Waals surface area (Å²) in [5.74, 6) is 0.266.